The zero-order valence-electron chi connectivity index (χ0n) is 15.1. The molecule has 26 heavy (non-hydrogen) atoms. The molecule has 140 valence electrons. The first kappa shape index (κ1) is 18.9. The van der Waals surface area contributed by atoms with Gasteiger partial charge in [0.2, 0.25) is 11.9 Å². The van der Waals surface area contributed by atoms with Gasteiger partial charge >= 0.3 is 0 Å². The highest BCUT2D eigenvalue weighted by molar-refractivity contribution is 5.90. The standard InChI is InChI=1S/C19H25N5O.ClH/c1-24-19(22-18(23-24)15-7-9-20-10-8-15)21-17(25)12-13-5-6-14-3-2-4-16(14)11-13;/h5-6,11,15,20H,2-4,7-10,12H2,1H3,(H,21,22,23,25);1H. The molecule has 0 radical (unpaired) electrons. The van der Waals surface area contributed by atoms with Gasteiger partial charge in [0.1, 0.15) is 0 Å². The minimum absolute atomic E-state index is 0. The van der Waals surface area contributed by atoms with Crippen LogP contribution in [-0.4, -0.2) is 33.8 Å². The maximum Gasteiger partial charge on any atom is 0.231 e. The van der Waals surface area contributed by atoms with Gasteiger partial charge in [-0.15, -0.1) is 12.4 Å². The van der Waals surface area contributed by atoms with E-state index in [0.717, 1.165) is 43.7 Å². The first-order valence-corrected chi connectivity index (χ1v) is 9.21. The molecule has 2 aliphatic rings. The Labute approximate surface area is 160 Å². The van der Waals surface area contributed by atoms with Gasteiger partial charge in [0.05, 0.1) is 6.42 Å². The van der Waals surface area contributed by atoms with Gasteiger partial charge in [-0.1, -0.05) is 18.2 Å². The van der Waals surface area contributed by atoms with Gasteiger partial charge in [-0.25, -0.2) is 4.68 Å². The predicted octanol–water partition coefficient (Wildman–Crippen LogP) is 2.37. The summed E-state index contributed by atoms with van der Waals surface area (Å²) in [6.07, 6.45) is 6.00. The molecule has 1 aliphatic carbocycles. The third kappa shape index (κ3) is 4.07. The van der Waals surface area contributed by atoms with Gasteiger partial charge in [-0.2, -0.15) is 10.1 Å². The lowest BCUT2D eigenvalue weighted by Crippen LogP contribution is -2.27. The molecule has 4 rings (SSSR count). The average molecular weight is 376 g/mol. The molecule has 1 fully saturated rings. The van der Waals surface area contributed by atoms with E-state index >= 15 is 0 Å². The first-order chi connectivity index (χ1) is 12.2. The summed E-state index contributed by atoms with van der Waals surface area (Å²) in [6, 6.07) is 6.42. The Hall–Kier alpha value is -1.92. The highest BCUT2D eigenvalue weighted by Crippen LogP contribution is 2.24. The van der Waals surface area contributed by atoms with Crippen LogP contribution in [0.4, 0.5) is 5.95 Å². The number of aryl methyl sites for hydroxylation is 3. The Bertz CT molecular complexity index is 782. The van der Waals surface area contributed by atoms with E-state index in [-0.39, 0.29) is 18.3 Å². The molecular formula is C19H26ClN5O. The maximum absolute atomic E-state index is 12.4. The highest BCUT2D eigenvalue weighted by Gasteiger charge is 2.21. The van der Waals surface area contributed by atoms with Crippen LogP contribution < -0.4 is 10.6 Å². The minimum atomic E-state index is -0.0368. The number of hydrogen-bond acceptors (Lipinski definition) is 4. The van der Waals surface area contributed by atoms with Crippen molar-refractivity contribution in [3.05, 3.63) is 40.7 Å². The van der Waals surface area contributed by atoms with Crippen LogP contribution in [0.25, 0.3) is 0 Å². The van der Waals surface area contributed by atoms with Crippen molar-refractivity contribution in [2.24, 2.45) is 7.05 Å². The third-order valence-electron chi connectivity index (χ3n) is 5.26. The molecule has 0 saturated carbocycles. The van der Waals surface area contributed by atoms with E-state index in [4.69, 9.17) is 0 Å². The van der Waals surface area contributed by atoms with Gasteiger partial charge < -0.3 is 5.32 Å². The largest absolute Gasteiger partial charge is 0.317 e. The van der Waals surface area contributed by atoms with Crippen LogP contribution in [0.15, 0.2) is 18.2 Å². The van der Waals surface area contributed by atoms with Gasteiger partial charge in [0, 0.05) is 13.0 Å². The number of rotatable bonds is 4. The Balaban J connectivity index is 0.00000196. The molecule has 2 N–H and O–H groups in total. The lowest BCUT2D eigenvalue weighted by molar-refractivity contribution is -0.115. The number of amides is 1. The number of nitrogens with zero attached hydrogens (tertiary/aromatic N) is 3. The number of aromatic nitrogens is 3. The average Bonchev–Trinajstić information content (AvgIpc) is 3.22. The minimum Gasteiger partial charge on any atom is -0.317 e. The summed E-state index contributed by atoms with van der Waals surface area (Å²) in [5.41, 5.74) is 3.90. The van der Waals surface area contributed by atoms with Crippen LogP contribution in [0.2, 0.25) is 0 Å². The molecule has 0 bridgehead atoms. The molecule has 1 aromatic heterocycles. The third-order valence-corrected chi connectivity index (χ3v) is 5.26. The smallest absolute Gasteiger partial charge is 0.231 e. The summed E-state index contributed by atoms with van der Waals surface area (Å²) in [7, 11) is 1.84. The summed E-state index contributed by atoms with van der Waals surface area (Å²) in [5, 5.41) is 10.8. The number of benzene rings is 1. The van der Waals surface area contributed by atoms with Crippen LogP contribution >= 0.6 is 12.4 Å². The second kappa shape index (κ2) is 8.18. The fourth-order valence-electron chi connectivity index (χ4n) is 3.86. The molecule has 0 atom stereocenters. The van der Waals surface area contributed by atoms with Crippen molar-refractivity contribution in [2.75, 3.05) is 18.4 Å². The molecular weight excluding hydrogens is 350 g/mol. The van der Waals surface area contributed by atoms with Crippen molar-refractivity contribution >= 4 is 24.3 Å². The highest BCUT2D eigenvalue weighted by atomic mass is 35.5. The lowest BCUT2D eigenvalue weighted by atomic mass is 9.98. The van der Waals surface area contributed by atoms with Gasteiger partial charge in [-0.3, -0.25) is 10.1 Å². The summed E-state index contributed by atoms with van der Waals surface area (Å²) in [6.45, 7) is 2.01. The van der Waals surface area contributed by atoms with Crippen molar-refractivity contribution in [1.29, 1.82) is 0 Å². The lowest BCUT2D eigenvalue weighted by Gasteiger charge is -2.19. The number of carbonyl (C=O) groups is 1. The molecule has 2 heterocycles. The van der Waals surface area contributed by atoms with Crippen LogP contribution in [0.3, 0.4) is 0 Å². The van der Waals surface area contributed by atoms with Gasteiger partial charge in [-0.05, 0) is 61.9 Å². The molecule has 1 amide bonds. The number of halogens is 1. The Morgan fingerprint density at radius 1 is 1.27 bits per heavy atom. The summed E-state index contributed by atoms with van der Waals surface area (Å²) < 4.78 is 1.68. The van der Waals surface area contributed by atoms with E-state index < -0.39 is 0 Å². The van der Waals surface area contributed by atoms with E-state index in [2.05, 4.69) is 38.9 Å². The van der Waals surface area contributed by atoms with Crippen molar-refractivity contribution in [3.63, 3.8) is 0 Å². The molecule has 7 heteroatoms. The zero-order valence-corrected chi connectivity index (χ0v) is 15.9. The molecule has 1 aromatic carbocycles. The second-order valence-electron chi connectivity index (χ2n) is 7.12. The number of hydrogen-bond donors (Lipinski definition) is 2. The fourth-order valence-corrected chi connectivity index (χ4v) is 3.86. The van der Waals surface area contributed by atoms with E-state index in [1.54, 1.807) is 4.68 Å². The second-order valence-corrected chi connectivity index (χ2v) is 7.12. The van der Waals surface area contributed by atoms with E-state index in [0.29, 0.717) is 18.3 Å². The normalized spacial score (nSPS) is 16.8. The molecule has 1 saturated heterocycles. The summed E-state index contributed by atoms with van der Waals surface area (Å²) in [4.78, 5) is 17.0. The van der Waals surface area contributed by atoms with Crippen LogP contribution in [0, 0.1) is 0 Å². The number of piperidine rings is 1. The van der Waals surface area contributed by atoms with Crippen molar-refractivity contribution in [2.45, 2.75) is 44.4 Å². The molecule has 2 aromatic rings. The zero-order chi connectivity index (χ0) is 17.2. The van der Waals surface area contributed by atoms with Crippen molar-refractivity contribution in [1.82, 2.24) is 20.1 Å². The Morgan fingerprint density at radius 2 is 2.04 bits per heavy atom. The van der Waals surface area contributed by atoms with Crippen LogP contribution in [0.5, 0.6) is 0 Å². The predicted molar refractivity (Wildman–Crippen MR) is 104 cm³/mol. The number of carbonyl (C=O) groups excluding carboxylic acids is 1. The van der Waals surface area contributed by atoms with Crippen LogP contribution in [0.1, 0.15) is 47.7 Å². The number of anilines is 1. The first-order valence-electron chi connectivity index (χ1n) is 9.21. The van der Waals surface area contributed by atoms with Crippen LogP contribution in [-0.2, 0) is 31.1 Å². The molecule has 0 spiro atoms. The van der Waals surface area contributed by atoms with E-state index in [1.807, 2.05) is 7.05 Å². The molecule has 1 aliphatic heterocycles. The van der Waals surface area contributed by atoms with Crippen molar-refractivity contribution < 1.29 is 4.79 Å². The molecule has 6 nitrogen and oxygen atoms in total. The van der Waals surface area contributed by atoms with E-state index in [9.17, 15) is 4.79 Å². The summed E-state index contributed by atoms with van der Waals surface area (Å²) >= 11 is 0. The number of nitrogens with one attached hydrogen (secondary N) is 2. The summed E-state index contributed by atoms with van der Waals surface area (Å²) in [5.74, 6) is 1.73. The molecule has 0 unspecified atom stereocenters. The monoisotopic (exact) mass is 375 g/mol. The Morgan fingerprint density at radius 3 is 2.85 bits per heavy atom. The SMILES string of the molecule is Cl.Cn1nc(C2CCNCC2)nc1NC(=O)Cc1ccc2c(c1)CCC2. The van der Waals surface area contributed by atoms with Crippen molar-refractivity contribution in [3.8, 4) is 0 Å². The van der Waals surface area contributed by atoms with Gasteiger partial charge in [0.15, 0.2) is 5.82 Å². The van der Waals surface area contributed by atoms with Gasteiger partial charge in [0.25, 0.3) is 0 Å². The topological polar surface area (TPSA) is 71.8 Å². The van der Waals surface area contributed by atoms with E-state index in [1.165, 1.54) is 24.0 Å². The maximum atomic E-state index is 12.4. The number of fused-ring (bicyclic) bond motifs is 1. The fraction of sp³-hybridized carbons (Fsp3) is 0.526. The Kier molecular flexibility index (Phi) is 5.94. The quantitative estimate of drug-likeness (QED) is 0.860.